The fourth-order valence-corrected chi connectivity index (χ4v) is 3.21. The highest BCUT2D eigenvalue weighted by molar-refractivity contribution is 5.99. The SMILES string of the molecule is COc1cc(N2CCC(Oc3ccccc3C(F)(F)F)C2=O)ccc1OCC(C)(C)C. The molecule has 1 atom stereocenters. The van der Waals surface area contributed by atoms with Crippen molar-refractivity contribution in [2.75, 3.05) is 25.2 Å². The molecule has 0 aromatic heterocycles. The van der Waals surface area contributed by atoms with Crippen molar-refractivity contribution in [1.29, 1.82) is 0 Å². The summed E-state index contributed by atoms with van der Waals surface area (Å²) in [5.41, 5.74) is -0.366. The first-order valence-corrected chi connectivity index (χ1v) is 9.95. The van der Waals surface area contributed by atoms with E-state index in [2.05, 4.69) is 0 Å². The average molecular weight is 437 g/mol. The third kappa shape index (κ3) is 5.42. The first-order chi connectivity index (χ1) is 14.5. The van der Waals surface area contributed by atoms with Crippen LogP contribution < -0.4 is 19.1 Å². The van der Waals surface area contributed by atoms with E-state index in [1.165, 1.54) is 30.2 Å². The molecule has 1 fully saturated rings. The van der Waals surface area contributed by atoms with Crippen LogP contribution in [0.5, 0.6) is 17.2 Å². The fraction of sp³-hybridized carbons (Fsp3) is 0.435. The topological polar surface area (TPSA) is 48.0 Å². The van der Waals surface area contributed by atoms with Crippen LogP contribution in [-0.2, 0) is 11.0 Å². The minimum Gasteiger partial charge on any atom is -0.493 e. The van der Waals surface area contributed by atoms with E-state index < -0.39 is 23.8 Å². The summed E-state index contributed by atoms with van der Waals surface area (Å²) in [6.45, 7) is 6.96. The third-order valence-corrected chi connectivity index (χ3v) is 4.74. The second-order valence-corrected chi connectivity index (χ2v) is 8.56. The number of benzene rings is 2. The maximum Gasteiger partial charge on any atom is 0.419 e. The van der Waals surface area contributed by atoms with E-state index in [1.54, 1.807) is 18.2 Å². The van der Waals surface area contributed by atoms with Gasteiger partial charge in [-0.15, -0.1) is 0 Å². The molecule has 2 aromatic rings. The highest BCUT2D eigenvalue weighted by Gasteiger charge is 2.38. The molecule has 31 heavy (non-hydrogen) atoms. The molecule has 8 heteroatoms. The number of carbonyl (C=O) groups is 1. The standard InChI is InChI=1S/C23H26F3NO4/c1-22(2,3)14-30-18-10-9-15(13-20(18)29-4)27-12-11-19(21(27)28)31-17-8-6-5-7-16(17)23(24,25)26/h5-10,13,19H,11-12,14H2,1-4H3. The molecular weight excluding hydrogens is 411 g/mol. The Kier molecular flexibility index (Phi) is 6.38. The number of amides is 1. The van der Waals surface area contributed by atoms with Gasteiger partial charge in [-0.3, -0.25) is 4.79 Å². The molecule has 1 amide bonds. The molecule has 3 rings (SSSR count). The van der Waals surface area contributed by atoms with Gasteiger partial charge in [-0.05, 0) is 29.7 Å². The third-order valence-electron chi connectivity index (χ3n) is 4.74. The molecule has 0 bridgehead atoms. The van der Waals surface area contributed by atoms with Crippen LogP contribution in [0.2, 0.25) is 0 Å². The Hall–Kier alpha value is -2.90. The zero-order valence-electron chi connectivity index (χ0n) is 18.0. The average Bonchev–Trinajstić information content (AvgIpc) is 3.05. The molecule has 0 N–H and O–H groups in total. The molecular formula is C23H26F3NO4. The van der Waals surface area contributed by atoms with Crippen molar-refractivity contribution in [3.63, 3.8) is 0 Å². The maximum atomic E-state index is 13.2. The molecule has 0 radical (unpaired) electrons. The summed E-state index contributed by atoms with van der Waals surface area (Å²) in [7, 11) is 1.51. The van der Waals surface area contributed by atoms with Crippen molar-refractivity contribution in [3.8, 4) is 17.2 Å². The van der Waals surface area contributed by atoms with Gasteiger partial charge in [-0.2, -0.15) is 13.2 Å². The summed E-state index contributed by atoms with van der Waals surface area (Å²) < 4.78 is 56.4. The summed E-state index contributed by atoms with van der Waals surface area (Å²) in [4.78, 5) is 14.3. The zero-order chi connectivity index (χ0) is 22.8. The number of rotatable bonds is 6. The van der Waals surface area contributed by atoms with Crippen molar-refractivity contribution in [2.45, 2.75) is 39.5 Å². The van der Waals surface area contributed by atoms with E-state index >= 15 is 0 Å². The van der Waals surface area contributed by atoms with Crippen molar-refractivity contribution in [3.05, 3.63) is 48.0 Å². The fourth-order valence-electron chi connectivity index (χ4n) is 3.21. The Balaban J connectivity index is 1.76. The molecule has 1 aliphatic heterocycles. The second kappa shape index (κ2) is 8.69. The Morgan fingerprint density at radius 2 is 1.74 bits per heavy atom. The quantitative estimate of drug-likeness (QED) is 0.614. The first-order valence-electron chi connectivity index (χ1n) is 9.95. The van der Waals surface area contributed by atoms with Gasteiger partial charge in [0.25, 0.3) is 5.91 Å². The van der Waals surface area contributed by atoms with E-state index in [0.717, 1.165) is 6.07 Å². The van der Waals surface area contributed by atoms with Crippen LogP contribution in [0.4, 0.5) is 18.9 Å². The highest BCUT2D eigenvalue weighted by Crippen LogP contribution is 2.38. The second-order valence-electron chi connectivity index (χ2n) is 8.56. The lowest BCUT2D eigenvalue weighted by Gasteiger charge is -2.22. The number of hydrogen-bond acceptors (Lipinski definition) is 4. The number of hydrogen-bond donors (Lipinski definition) is 0. The van der Waals surface area contributed by atoms with Gasteiger partial charge < -0.3 is 19.1 Å². The zero-order valence-corrected chi connectivity index (χ0v) is 18.0. The molecule has 0 spiro atoms. The predicted molar refractivity (Wildman–Crippen MR) is 111 cm³/mol. The van der Waals surface area contributed by atoms with Gasteiger partial charge in [0.15, 0.2) is 17.6 Å². The lowest BCUT2D eigenvalue weighted by molar-refractivity contribution is -0.140. The van der Waals surface area contributed by atoms with Crippen LogP contribution in [-0.4, -0.2) is 32.3 Å². The number of ether oxygens (including phenoxy) is 3. The van der Waals surface area contributed by atoms with Gasteiger partial charge in [0.05, 0.1) is 19.3 Å². The summed E-state index contributed by atoms with van der Waals surface area (Å²) >= 11 is 0. The molecule has 1 saturated heterocycles. The smallest absolute Gasteiger partial charge is 0.419 e. The summed E-state index contributed by atoms with van der Waals surface area (Å²) in [6, 6.07) is 10.0. The van der Waals surface area contributed by atoms with Crippen LogP contribution in [0.3, 0.4) is 0 Å². The van der Waals surface area contributed by atoms with Crippen molar-refractivity contribution in [1.82, 2.24) is 0 Å². The van der Waals surface area contributed by atoms with Gasteiger partial charge in [-0.1, -0.05) is 32.9 Å². The minimum absolute atomic E-state index is 0.0358. The number of para-hydroxylation sites is 1. The largest absolute Gasteiger partial charge is 0.493 e. The van der Waals surface area contributed by atoms with Crippen LogP contribution in [0, 0.1) is 5.41 Å². The van der Waals surface area contributed by atoms with Gasteiger partial charge in [0, 0.05) is 24.7 Å². The molecule has 2 aromatic carbocycles. The van der Waals surface area contributed by atoms with E-state index in [4.69, 9.17) is 14.2 Å². The molecule has 168 valence electrons. The lowest BCUT2D eigenvalue weighted by atomic mass is 9.99. The van der Waals surface area contributed by atoms with Gasteiger partial charge in [0.1, 0.15) is 5.75 Å². The number of alkyl halides is 3. The molecule has 5 nitrogen and oxygen atoms in total. The van der Waals surface area contributed by atoms with Crippen molar-refractivity contribution < 1.29 is 32.2 Å². The minimum atomic E-state index is -4.56. The van der Waals surface area contributed by atoms with Crippen LogP contribution >= 0.6 is 0 Å². The van der Waals surface area contributed by atoms with Gasteiger partial charge in [0.2, 0.25) is 0 Å². The summed E-state index contributed by atoms with van der Waals surface area (Å²) in [6.07, 6.45) is -5.28. The van der Waals surface area contributed by atoms with E-state index in [1.807, 2.05) is 20.8 Å². The monoisotopic (exact) mass is 437 g/mol. The molecule has 1 heterocycles. The Labute approximate surface area is 179 Å². The number of halogens is 3. The Morgan fingerprint density at radius 3 is 2.39 bits per heavy atom. The number of nitrogens with zero attached hydrogens (tertiary/aromatic N) is 1. The molecule has 1 aliphatic rings. The number of anilines is 1. The van der Waals surface area contributed by atoms with Gasteiger partial charge in [-0.25, -0.2) is 0 Å². The van der Waals surface area contributed by atoms with E-state index in [0.29, 0.717) is 30.3 Å². The normalized spacial score (nSPS) is 17.1. The van der Waals surface area contributed by atoms with E-state index in [9.17, 15) is 18.0 Å². The van der Waals surface area contributed by atoms with Crippen molar-refractivity contribution >= 4 is 11.6 Å². The van der Waals surface area contributed by atoms with Crippen LogP contribution in [0.1, 0.15) is 32.8 Å². The summed E-state index contributed by atoms with van der Waals surface area (Å²) in [5.74, 6) is 0.280. The molecule has 0 saturated carbocycles. The highest BCUT2D eigenvalue weighted by atomic mass is 19.4. The maximum absolute atomic E-state index is 13.2. The molecule has 0 aliphatic carbocycles. The van der Waals surface area contributed by atoms with Gasteiger partial charge >= 0.3 is 6.18 Å². The molecule has 1 unspecified atom stereocenters. The first kappa shape index (κ1) is 22.8. The van der Waals surface area contributed by atoms with Crippen molar-refractivity contribution in [2.24, 2.45) is 5.41 Å². The van der Waals surface area contributed by atoms with E-state index in [-0.39, 0.29) is 17.6 Å². The van der Waals surface area contributed by atoms with Crippen LogP contribution in [0.15, 0.2) is 42.5 Å². The summed E-state index contributed by atoms with van der Waals surface area (Å²) in [5, 5.41) is 0. The Morgan fingerprint density at radius 1 is 1.03 bits per heavy atom. The van der Waals surface area contributed by atoms with Crippen LogP contribution in [0.25, 0.3) is 0 Å². The Bertz CT molecular complexity index is 937. The lowest BCUT2D eigenvalue weighted by Crippen LogP contribution is -2.32. The predicted octanol–water partition coefficient (Wildman–Crippen LogP) is 5.32. The number of methoxy groups -OCH3 is 1. The number of carbonyl (C=O) groups excluding carboxylic acids is 1.